The summed E-state index contributed by atoms with van der Waals surface area (Å²) < 4.78 is 40.4. The van der Waals surface area contributed by atoms with Crippen molar-refractivity contribution in [3.05, 3.63) is 41.5 Å². The zero-order chi connectivity index (χ0) is 15.6. The van der Waals surface area contributed by atoms with Crippen molar-refractivity contribution in [1.82, 2.24) is 9.97 Å². The summed E-state index contributed by atoms with van der Waals surface area (Å²) in [6.07, 6.45) is 1.28. The lowest BCUT2D eigenvalue weighted by Gasteiger charge is -2.17. The maximum Gasteiger partial charge on any atom is 0.152 e. The highest BCUT2D eigenvalue weighted by Crippen LogP contribution is 2.31. The van der Waals surface area contributed by atoms with Gasteiger partial charge in [-0.1, -0.05) is 13.8 Å². The van der Waals surface area contributed by atoms with Crippen LogP contribution in [0.15, 0.2) is 18.5 Å². The number of benzene rings is 1. The molecule has 0 aliphatic rings. The van der Waals surface area contributed by atoms with Gasteiger partial charge in [0, 0.05) is 24.7 Å². The minimum Gasteiger partial charge on any atom is -0.373 e. The van der Waals surface area contributed by atoms with Gasteiger partial charge in [-0.2, -0.15) is 0 Å². The largest absolute Gasteiger partial charge is 0.373 e. The van der Waals surface area contributed by atoms with Crippen LogP contribution in [0.4, 0.5) is 30.5 Å². The van der Waals surface area contributed by atoms with E-state index in [1.165, 1.54) is 6.33 Å². The first-order chi connectivity index (χ1) is 9.93. The molecule has 2 rings (SSSR count). The van der Waals surface area contributed by atoms with Gasteiger partial charge in [-0.15, -0.1) is 0 Å². The molecule has 21 heavy (non-hydrogen) atoms. The molecule has 4 nitrogen and oxygen atoms in total. The second-order valence-corrected chi connectivity index (χ2v) is 4.76. The lowest BCUT2D eigenvalue weighted by molar-refractivity contribution is 0.548. The molecule has 0 radical (unpaired) electrons. The Morgan fingerprint density at radius 2 is 1.57 bits per heavy atom. The van der Waals surface area contributed by atoms with E-state index in [1.54, 1.807) is 7.05 Å². The third kappa shape index (κ3) is 3.07. The normalized spacial score (nSPS) is 10.8. The van der Waals surface area contributed by atoms with Gasteiger partial charge < -0.3 is 10.6 Å². The van der Waals surface area contributed by atoms with Gasteiger partial charge in [-0.3, -0.25) is 0 Å². The average molecular weight is 296 g/mol. The predicted molar refractivity (Wildman–Crippen MR) is 75.3 cm³/mol. The van der Waals surface area contributed by atoms with E-state index >= 15 is 0 Å². The molecule has 2 N–H and O–H groups in total. The van der Waals surface area contributed by atoms with Crippen molar-refractivity contribution in [2.24, 2.45) is 0 Å². The molecule has 1 heterocycles. The van der Waals surface area contributed by atoms with Crippen LogP contribution in [0.5, 0.6) is 0 Å². The van der Waals surface area contributed by atoms with E-state index in [9.17, 15) is 13.2 Å². The van der Waals surface area contributed by atoms with Crippen molar-refractivity contribution in [1.29, 1.82) is 0 Å². The van der Waals surface area contributed by atoms with E-state index in [2.05, 4.69) is 20.6 Å². The molecule has 0 amide bonds. The summed E-state index contributed by atoms with van der Waals surface area (Å²) in [5, 5.41) is 5.49. The van der Waals surface area contributed by atoms with Crippen LogP contribution in [0.3, 0.4) is 0 Å². The van der Waals surface area contributed by atoms with E-state index < -0.39 is 23.1 Å². The molecule has 0 bridgehead atoms. The molecule has 0 aliphatic heterocycles. The standard InChI is InChI=1S/C14H15F3N4/c1-7(2)11-13(18-3)19-6-20-14(11)21-12-9(16)4-8(15)5-10(12)17/h4-7H,1-3H3,(H2,18,19,20,21). The van der Waals surface area contributed by atoms with Crippen molar-refractivity contribution in [3.8, 4) is 0 Å². The van der Waals surface area contributed by atoms with Crippen LogP contribution >= 0.6 is 0 Å². The second kappa shape index (κ2) is 5.99. The minimum absolute atomic E-state index is 0.0164. The molecule has 0 unspecified atom stereocenters. The van der Waals surface area contributed by atoms with Crippen molar-refractivity contribution < 1.29 is 13.2 Å². The van der Waals surface area contributed by atoms with Gasteiger partial charge in [0.1, 0.15) is 29.5 Å². The van der Waals surface area contributed by atoms with Crippen LogP contribution in [0, 0.1) is 17.5 Å². The molecule has 112 valence electrons. The first-order valence-electron chi connectivity index (χ1n) is 6.38. The summed E-state index contributed by atoms with van der Waals surface area (Å²) >= 11 is 0. The molecule has 1 aromatic heterocycles. The summed E-state index contributed by atoms with van der Waals surface area (Å²) in [4.78, 5) is 8.09. The van der Waals surface area contributed by atoms with E-state index in [0.717, 1.165) is 0 Å². The Kier molecular flexibility index (Phi) is 4.30. The molecular weight excluding hydrogens is 281 g/mol. The van der Waals surface area contributed by atoms with Crippen molar-refractivity contribution in [2.75, 3.05) is 17.7 Å². The van der Waals surface area contributed by atoms with E-state index in [-0.39, 0.29) is 11.7 Å². The lowest BCUT2D eigenvalue weighted by atomic mass is 10.0. The van der Waals surface area contributed by atoms with Crippen LogP contribution in [-0.4, -0.2) is 17.0 Å². The Hall–Kier alpha value is -2.31. The molecular formula is C14H15F3N4. The van der Waals surface area contributed by atoms with Crippen LogP contribution in [-0.2, 0) is 0 Å². The number of hydrogen-bond acceptors (Lipinski definition) is 4. The van der Waals surface area contributed by atoms with Gasteiger partial charge in [0.05, 0.1) is 0 Å². The topological polar surface area (TPSA) is 49.8 Å². The van der Waals surface area contributed by atoms with Crippen LogP contribution in [0.25, 0.3) is 0 Å². The van der Waals surface area contributed by atoms with Gasteiger partial charge in [-0.25, -0.2) is 23.1 Å². The molecule has 0 aliphatic carbocycles. The number of anilines is 3. The Balaban J connectivity index is 2.50. The number of aromatic nitrogens is 2. The number of nitrogens with one attached hydrogen (secondary N) is 2. The molecule has 2 aromatic rings. The average Bonchev–Trinajstić information content (AvgIpc) is 2.42. The smallest absolute Gasteiger partial charge is 0.152 e. The zero-order valence-corrected chi connectivity index (χ0v) is 11.8. The van der Waals surface area contributed by atoms with Crippen molar-refractivity contribution in [2.45, 2.75) is 19.8 Å². The molecule has 0 fully saturated rings. The summed E-state index contributed by atoms with van der Waals surface area (Å²) in [6.45, 7) is 3.81. The molecule has 7 heteroatoms. The lowest BCUT2D eigenvalue weighted by Crippen LogP contribution is -2.08. The monoisotopic (exact) mass is 296 g/mol. The fourth-order valence-corrected chi connectivity index (χ4v) is 2.02. The molecule has 0 atom stereocenters. The number of hydrogen-bond donors (Lipinski definition) is 2. The number of nitrogens with zero attached hydrogens (tertiary/aromatic N) is 2. The Morgan fingerprint density at radius 3 is 2.10 bits per heavy atom. The Bertz CT molecular complexity index is 636. The van der Waals surface area contributed by atoms with Crippen LogP contribution in [0.2, 0.25) is 0 Å². The van der Waals surface area contributed by atoms with Gasteiger partial charge in [0.25, 0.3) is 0 Å². The second-order valence-electron chi connectivity index (χ2n) is 4.76. The van der Waals surface area contributed by atoms with Crippen LogP contribution < -0.4 is 10.6 Å². The summed E-state index contributed by atoms with van der Waals surface area (Å²) in [6, 6.07) is 1.22. The number of rotatable bonds is 4. The zero-order valence-electron chi connectivity index (χ0n) is 11.8. The third-order valence-electron chi connectivity index (χ3n) is 2.95. The van der Waals surface area contributed by atoms with Gasteiger partial charge in [-0.05, 0) is 5.92 Å². The Morgan fingerprint density at radius 1 is 1.00 bits per heavy atom. The van der Waals surface area contributed by atoms with E-state index in [4.69, 9.17) is 0 Å². The molecule has 0 saturated carbocycles. The first-order valence-corrected chi connectivity index (χ1v) is 6.38. The van der Waals surface area contributed by atoms with E-state index in [0.29, 0.717) is 23.5 Å². The van der Waals surface area contributed by atoms with Crippen molar-refractivity contribution >= 4 is 17.3 Å². The van der Waals surface area contributed by atoms with Crippen LogP contribution in [0.1, 0.15) is 25.3 Å². The highest BCUT2D eigenvalue weighted by atomic mass is 19.1. The van der Waals surface area contributed by atoms with Gasteiger partial charge in [0.2, 0.25) is 0 Å². The third-order valence-corrected chi connectivity index (χ3v) is 2.95. The molecule has 0 saturated heterocycles. The first kappa shape index (κ1) is 15.1. The quantitative estimate of drug-likeness (QED) is 0.901. The SMILES string of the molecule is CNc1ncnc(Nc2c(F)cc(F)cc2F)c1C(C)C. The summed E-state index contributed by atoms with van der Waals surface area (Å²) in [7, 11) is 1.69. The molecule has 1 aromatic carbocycles. The predicted octanol–water partition coefficient (Wildman–Crippen LogP) is 3.80. The Labute approximate surface area is 120 Å². The highest BCUT2D eigenvalue weighted by molar-refractivity contribution is 5.66. The van der Waals surface area contributed by atoms with Crippen molar-refractivity contribution in [3.63, 3.8) is 0 Å². The van der Waals surface area contributed by atoms with E-state index in [1.807, 2.05) is 13.8 Å². The summed E-state index contributed by atoms with van der Waals surface area (Å²) in [5.74, 6) is -2.17. The minimum atomic E-state index is -1.02. The fraction of sp³-hybridized carbons (Fsp3) is 0.286. The summed E-state index contributed by atoms with van der Waals surface area (Å²) in [5.41, 5.74) is 0.238. The maximum absolute atomic E-state index is 13.7. The molecule has 0 spiro atoms. The fourth-order valence-electron chi connectivity index (χ4n) is 2.02. The van der Waals surface area contributed by atoms with Gasteiger partial charge >= 0.3 is 0 Å². The maximum atomic E-state index is 13.7. The number of halogens is 3. The van der Waals surface area contributed by atoms with Gasteiger partial charge in [0.15, 0.2) is 11.6 Å². The highest BCUT2D eigenvalue weighted by Gasteiger charge is 2.18.